The molecule has 0 unspecified atom stereocenters. The first-order valence-electron chi connectivity index (χ1n) is 7.47. The van der Waals surface area contributed by atoms with Crippen LogP contribution in [0.15, 0.2) is 12.1 Å². The number of hydrogen-bond donors (Lipinski definition) is 3. The maximum Gasteiger partial charge on any atom is 0.200 e. The Morgan fingerprint density at radius 1 is 1.10 bits per heavy atom. The van der Waals surface area contributed by atoms with E-state index in [0.717, 1.165) is 25.7 Å². The molecule has 1 aromatic carbocycles. The molecule has 1 aliphatic carbocycles. The van der Waals surface area contributed by atoms with Crippen LogP contribution in [-0.2, 0) is 0 Å². The molecule has 0 bridgehead atoms. The maximum atomic E-state index is 10.5. The lowest BCUT2D eigenvalue weighted by Crippen LogP contribution is -2.34. The molecule has 1 aliphatic rings. The number of phenols is 1. The summed E-state index contributed by atoms with van der Waals surface area (Å²) < 4.78 is 10.3. The molecular weight excluding hydrogens is 270 g/mol. The lowest BCUT2D eigenvalue weighted by atomic mass is 9.81. The lowest BCUT2D eigenvalue weighted by molar-refractivity contribution is 0.0616. The number of aromatic hydroxyl groups is 1. The van der Waals surface area contributed by atoms with Gasteiger partial charge in [0.25, 0.3) is 0 Å². The minimum Gasteiger partial charge on any atom is -0.502 e. The van der Waals surface area contributed by atoms with Crippen molar-refractivity contribution in [2.24, 2.45) is 11.7 Å². The Balaban J connectivity index is 2.23. The van der Waals surface area contributed by atoms with Gasteiger partial charge in [-0.15, -0.1) is 0 Å². The van der Waals surface area contributed by atoms with E-state index in [1.54, 1.807) is 12.1 Å². The zero-order valence-corrected chi connectivity index (χ0v) is 12.7. The van der Waals surface area contributed by atoms with Gasteiger partial charge in [0.15, 0.2) is 11.5 Å². The second-order valence-electron chi connectivity index (χ2n) is 5.69. The summed E-state index contributed by atoms with van der Waals surface area (Å²) in [7, 11) is 2.95. The van der Waals surface area contributed by atoms with Gasteiger partial charge in [0.2, 0.25) is 5.75 Å². The van der Waals surface area contributed by atoms with Crippen molar-refractivity contribution in [3.63, 3.8) is 0 Å². The van der Waals surface area contributed by atoms with Crippen LogP contribution >= 0.6 is 0 Å². The first kappa shape index (κ1) is 15.9. The van der Waals surface area contributed by atoms with Crippen molar-refractivity contribution in [1.29, 1.82) is 0 Å². The third-order valence-corrected chi connectivity index (χ3v) is 4.39. The topological polar surface area (TPSA) is 84.9 Å². The summed E-state index contributed by atoms with van der Waals surface area (Å²) in [6.07, 6.45) is 4.97. The number of phenolic OH excluding ortho intramolecular Hbond substituents is 1. The monoisotopic (exact) mass is 295 g/mol. The van der Waals surface area contributed by atoms with Crippen molar-refractivity contribution >= 4 is 0 Å². The molecule has 5 heteroatoms. The second-order valence-corrected chi connectivity index (χ2v) is 5.69. The summed E-state index contributed by atoms with van der Waals surface area (Å²) in [4.78, 5) is 0. The number of benzene rings is 1. The van der Waals surface area contributed by atoms with Crippen LogP contribution in [-0.4, -0.2) is 30.5 Å². The molecule has 0 aromatic heterocycles. The van der Waals surface area contributed by atoms with Crippen LogP contribution in [0.25, 0.3) is 0 Å². The standard InChI is InChI=1S/C16H25NO4/c1-20-12-8-11(9-13(21-2)16(12)19)14(17)15(18)10-6-4-3-5-7-10/h8-10,14-15,18-19H,3-7,17H2,1-2H3/t14-,15+/m1/s1. The van der Waals surface area contributed by atoms with Gasteiger partial charge in [-0.2, -0.15) is 0 Å². The number of aliphatic hydroxyl groups excluding tert-OH is 1. The van der Waals surface area contributed by atoms with Gasteiger partial charge >= 0.3 is 0 Å². The Labute approximate surface area is 125 Å². The molecule has 1 saturated carbocycles. The molecule has 2 atom stereocenters. The second kappa shape index (κ2) is 7.00. The van der Waals surface area contributed by atoms with Crippen molar-refractivity contribution in [2.75, 3.05) is 14.2 Å². The van der Waals surface area contributed by atoms with Crippen molar-refractivity contribution in [2.45, 2.75) is 44.2 Å². The van der Waals surface area contributed by atoms with Gasteiger partial charge in [0.1, 0.15) is 0 Å². The summed E-state index contributed by atoms with van der Waals surface area (Å²) in [5.74, 6) is 0.786. The van der Waals surface area contributed by atoms with Gasteiger partial charge in [0, 0.05) is 0 Å². The first-order chi connectivity index (χ1) is 10.1. The van der Waals surface area contributed by atoms with Crippen molar-refractivity contribution in [3.8, 4) is 17.2 Å². The number of methoxy groups -OCH3 is 2. The first-order valence-corrected chi connectivity index (χ1v) is 7.47. The maximum absolute atomic E-state index is 10.5. The van der Waals surface area contributed by atoms with E-state index in [2.05, 4.69) is 0 Å². The van der Waals surface area contributed by atoms with Crippen LogP contribution in [0, 0.1) is 5.92 Å². The Morgan fingerprint density at radius 3 is 2.10 bits per heavy atom. The molecular formula is C16H25NO4. The fourth-order valence-corrected chi connectivity index (χ4v) is 3.07. The zero-order chi connectivity index (χ0) is 15.4. The fraction of sp³-hybridized carbons (Fsp3) is 0.625. The summed E-state index contributed by atoms with van der Waals surface area (Å²) in [6.45, 7) is 0. The van der Waals surface area contributed by atoms with Gasteiger partial charge in [-0.05, 0) is 36.5 Å². The minimum atomic E-state index is -0.593. The van der Waals surface area contributed by atoms with E-state index in [1.807, 2.05) is 0 Å². The van der Waals surface area contributed by atoms with Crippen LogP contribution < -0.4 is 15.2 Å². The summed E-state index contributed by atoms with van der Waals surface area (Å²) in [5.41, 5.74) is 6.93. The zero-order valence-electron chi connectivity index (χ0n) is 12.7. The van der Waals surface area contributed by atoms with E-state index < -0.39 is 12.1 Å². The summed E-state index contributed by atoms with van der Waals surface area (Å²) in [5, 5.41) is 20.5. The molecule has 1 aromatic rings. The molecule has 0 aliphatic heterocycles. The van der Waals surface area contributed by atoms with Crippen LogP contribution in [0.2, 0.25) is 0 Å². The summed E-state index contributed by atoms with van der Waals surface area (Å²) >= 11 is 0. The highest BCUT2D eigenvalue weighted by atomic mass is 16.5. The molecule has 0 heterocycles. The molecule has 2 rings (SSSR count). The van der Waals surface area contributed by atoms with E-state index in [-0.39, 0.29) is 11.7 Å². The summed E-state index contributed by atoms with van der Waals surface area (Å²) in [6, 6.07) is 2.81. The average molecular weight is 295 g/mol. The average Bonchev–Trinajstić information content (AvgIpc) is 2.54. The third-order valence-electron chi connectivity index (χ3n) is 4.39. The van der Waals surface area contributed by atoms with E-state index in [9.17, 15) is 10.2 Å². The quantitative estimate of drug-likeness (QED) is 0.776. The SMILES string of the molecule is COc1cc([C@@H](N)[C@@H](O)C2CCCCC2)cc(OC)c1O. The van der Waals surface area contributed by atoms with Gasteiger partial charge in [-0.25, -0.2) is 0 Å². The third kappa shape index (κ3) is 3.41. The van der Waals surface area contributed by atoms with E-state index in [1.165, 1.54) is 20.6 Å². The molecule has 5 nitrogen and oxygen atoms in total. The van der Waals surface area contributed by atoms with Gasteiger partial charge in [-0.3, -0.25) is 0 Å². The smallest absolute Gasteiger partial charge is 0.200 e. The normalized spacial score (nSPS) is 19.0. The predicted molar refractivity (Wildman–Crippen MR) is 80.7 cm³/mol. The van der Waals surface area contributed by atoms with Crippen molar-refractivity contribution < 1.29 is 19.7 Å². The Kier molecular flexibility index (Phi) is 5.31. The van der Waals surface area contributed by atoms with E-state index in [4.69, 9.17) is 15.2 Å². The van der Waals surface area contributed by atoms with Gasteiger partial charge in [0.05, 0.1) is 26.4 Å². The molecule has 1 fully saturated rings. The molecule has 0 saturated heterocycles. The van der Waals surface area contributed by atoms with Gasteiger partial charge in [-0.1, -0.05) is 19.3 Å². The van der Waals surface area contributed by atoms with E-state index in [0.29, 0.717) is 17.1 Å². The Bertz CT molecular complexity index is 446. The molecule has 4 N–H and O–H groups in total. The fourth-order valence-electron chi connectivity index (χ4n) is 3.07. The number of ether oxygens (including phenoxy) is 2. The predicted octanol–water partition coefficient (Wildman–Crippen LogP) is 2.35. The highest BCUT2D eigenvalue weighted by Crippen LogP contribution is 2.40. The Hall–Kier alpha value is -1.46. The Morgan fingerprint density at radius 2 is 1.62 bits per heavy atom. The number of hydrogen-bond acceptors (Lipinski definition) is 5. The molecule has 118 valence electrons. The molecule has 0 amide bonds. The van der Waals surface area contributed by atoms with Crippen LogP contribution in [0.4, 0.5) is 0 Å². The van der Waals surface area contributed by atoms with E-state index >= 15 is 0 Å². The molecule has 21 heavy (non-hydrogen) atoms. The highest BCUT2D eigenvalue weighted by molar-refractivity contribution is 5.53. The van der Waals surface area contributed by atoms with Crippen molar-refractivity contribution in [1.82, 2.24) is 0 Å². The van der Waals surface area contributed by atoms with Crippen molar-refractivity contribution in [3.05, 3.63) is 17.7 Å². The lowest BCUT2D eigenvalue weighted by Gasteiger charge is -2.31. The largest absolute Gasteiger partial charge is 0.502 e. The van der Waals surface area contributed by atoms with Crippen LogP contribution in [0.3, 0.4) is 0 Å². The highest BCUT2D eigenvalue weighted by Gasteiger charge is 2.28. The number of aliphatic hydroxyl groups is 1. The van der Waals surface area contributed by atoms with Gasteiger partial charge < -0.3 is 25.4 Å². The number of rotatable bonds is 5. The molecule has 0 spiro atoms. The number of nitrogens with two attached hydrogens (primary N) is 1. The minimum absolute atomic E-state index is 0.0527. The van der Waals surface area contributed by atoms with Crippen LogP contribution in [0.5, 0.6) is 17.2 Å². The molecule has 0 radical (unpaired) electrons. The van der Waals surface area contributed by atoms with Crippen LogP contribution in [0.1, 0.15) is 43.7 Å².